The van der Waals surface area contributed by atoms with Crippen molar-refractivity contribution in [2.24, 2.45) is 0 Å². The van der Waals surface area contributed by atoms with Crippen LogP contribution in [0, 0.1) is 0 Å². The second-order valence-electron chi connectivity index (χ2n) is 4.69. The maximum atomic E-state index is 13.0. The molecular weight excluding hydrogens is 277 g/mol. The highest BCUT2D eigenvalue weighted by atomic mass is 35.5. The normalized spacial score (nSPS) is 16.2. The van der Waals surface area contributed by atoms with E-state index < -0.39 is 11.7 Å². The predicted octanol–water partition coefficient (Wildman–Crippen LogP) is 4.09. The molecule has 0 amide bonds. The van der Waals surface area contributed by atoms with Crippen LogP contribution in [0.4, 0.5) is 19.0 Å². The molecule has 6 heteroatoms. The van der Waals surface area contributed by atoms with Crippen molar-refractivity contribution in [3.05, 3.63) is 23.9 Å². The third kappa shape index (κ3) is 3.32. The molecule has 0 spiro atoms. The Hall–Kier alpha value is -0.970. The van der Waals surface area contributed by atoms with Gasteiger partial charge in [-0.05, 0) is 37.8 Å². The van der Waals surface area contributed by atoms with E-state index >= 15 is 0 Å². The number of pyridine rings is 1. The van der Waals surface area contributed by atoms with Crippen LogP contribution >= 0.6 is 11.6 Å². The van der Waals surface area contributed by atoms with Crippen LogP contribution in [-0.2, 0) is 6.18 Å². The molecule has 2 rings (SSSR count). The second-order valence-corrected chi connectivity index (χ2v) is 5.07. The number of hydrogen-bond donors (Lipinski definition) is 0. The van der Waals surface area contributed by atoms with Gasteiger partial charge >= 0.3 is 6.18 Å². The Morgan fingerprint density at radius 3 is 2.63 bits per heavy atom. The molecule has 1 fully saturated rings. The summed E-state index contributed by atoms with van der Waals surface area (Å²) >= 11 is 5.66. The average molecular weight is 293 g/mol. The van der Waals surface area contributed by atoms with Crippen molar-refractivity contribution in [2.45, 2.75) is 37.9 Å². The molecule has 0 bridgehead atoms. The minimum absolute atomic E-state index is 0.0461. The quantitative estimate of drug-likeness (QED) is 0.760. The Balaban J connectivity index is 2.29. The van der Waals surface area contributed by atoms with Gasteiger partial charge in [0.2, 0.25) is 0 Å². The SMILES string of the molecule is FC(F)(F)c1cccnc1N(CCCCl)C1CCC1. The highest BCUT2D eigenvalue weighted by molar-refractivity contribution is 6.17. The fourth-order valence-electron chi connectivity index (χ4n) is 2.24. The molecule has 2 nitrogen and oxygen atoms in total. The summed E-state index contributed by atoms with van der Waals surface area (Å²) in [6, 6.07) is 2.58. The first-order valence-electron chi connectivity index (χ1n) is 6.39. The van der Waals surface area contributed by atoms with E-state index in [0.717, 1.165) is 25.3 Å². The van der Waals surface area contributed by atoms with Crippen LogP contribution in [0.5, 0.6) is 0 Å². The lowest BCUT2D eigenvalue weighted by Gasteiger charge is -2.39. The Kier molecular flexibility index (Phi) is 4.55. The van der Waals surface area contributed by atoms with Crippen molar-refractivity contribution in [2.75, 3.05) is 17.3 Å². The van der Waals surface area contributed by atoms with Crippen molar-refractivity contribution in [1.29, 1.82) is 0 Å². The summed E-state index contributed by atoms with van der Waals surface area (Å²) in [6.45, 7) is 0.522. The van der Waals surface area contributed by atoms with Gasteiger partial charge in [-0.15, -0.1) is 11.6 Å². The molecule has 0 aliphatic heterocycles. The Morgan fingerprint density at radius 2 is 2.11 bits per heavy atom. The third-order valence-electron chi connectivity index (χ3n) is 3.41. The number of rotatable bonds is 5. The number of alkyl halides is 4. The zero-order valence-electron chi connectivity index (χ0n) is 10.5. The van der Waals surface area contributed by atoms with E-state index in [4.69, 9.17) is 11.6 Å². The van der Waals surface area contributed by atoms with Crippen LogP contribution in [0.15, 0.2) is 18.3 Å². The Bertz CT molecular complexity index is 419. The van der Waals surface area contributed by atoms with Gasteiger partial charge in [0.05, 0.1) is 5.56 Å². The van der Waals surface area contributed by atoms with Crippen molar-refractivity contribution < 1.29 is 13.2 Å². The minimum atomic E-state index is -4.37. The first kappa shape index (κ1) is 14.4. The predicted molar refractivity (Wildman–Crippen MR) is 69.6 cm³/mol. The third-order valence-corrected chi connectivity index (χ3v) is 3.68. The zero-order valence-corrected chi connectivity index (χ0v) is 11.2. The molecule has 19 heavy (non-hydrogen) atoms. The van der Waals surface area contributed by atoms with Crippen molar-refractivity contribution in [3.8, 4) is 0 Å². The number of aromatic nitrogens is 1. The smallest absolute Gasteiger partial charge is 0.353 e. The maximum Gasteiger partial charge on any atom is 0.419 e. The number of halogens is 4. The topological polar surface area (TPSA) is 16.1 Å². The highest BCUT2D eigenvalue weighted by Gasteiger charge is 2.37. The molecular formula is C13H16ClF3N2. The van der Waals surface area contributed by atoms with Gasteiger partial charge in [-0.3, -0.25) is 0 Å². The molecule has 1 aromatic heterocycles. The molecule has 106 valence electrons. The fourth-order valence-corrected chi connectivity index (χ4v) is 2.36. The van der Waals surface area contributed by atoms with Gasteiger partial charge in [0.15, 0.2) is 0 Å². The highest BCUT2D eigenvalue weighted by Crippen LogP contribution is 2.38. The van der Waals surface area contributed by atoms with Crippen LogP contribution in [0.2, 0.25) is 0 Å². The van der Waals surface area contributed by atoms with Crippen LogP contribution in [0.3, 0.4) is 0 Å². The van der Waals surface area contributed by atoms with E-state index in [-0.39, 0.29) is 11.9 Å². The summed E-state index contributed by atoms with van der Waals surface area (Å²) in [5.74, 6) is 0.488. The molecule has 1 aliphatic rings. The Morgan fingerprint density at radius 1 is 1.37 bits per heavy atom. The van der Waals surface area contributed by atoms with Crippen molar-refractivity contribution >= 4 is 17.4 Å². The molecule has 0 saturated heterocycles. The van der Waals surface area contributed by atoms with Crippen LogP contribution < -0.4 is 4.90 Å². The zero-order chi connectivity index (χ0) is 13.9. The fraction of sp³-hybridized carbons (Fsp3) is 0.615. The first-order chi connectivity index (χ1) is 9.04. The van der Waals surface area contributed by atoms with E-state index in [1.807, 2.05) is 0 Å². The molecule has 0 N–H and O–H groups in total. The second kappa shape index (κ2) is 5.99. The summed E-state index contributed by atoms with van der Waals surface area (Å²) in [4.78, 5) is 5.74. The van der Waals surface area contributed by atoms with Crippen molar-refractivity contribution in [1.82, 2.24) is 4.98 Å². The average Bonchev–Trinajstić information content (AvgIpc) is 2.31. The van der Waals surface area contributed by atoms with Gasteiger partial charge in [-0.2, -0.15) is 13.2 Å². The molecule has 0 aromatic carbocycles. The van der Waals surface area contributed by atoms with E-state index in [1.54, 1.807) is 4.90 Å². The first-order valence-corrected chi connectivity index (χ1v) is 6.92. The van der Waals surface area contributed by atoms with Crippen molar-refractivity contribution in [3.63, 3.8) is 0 Å². The van der Waals surface area contributed by atoms with Crippen LogP contribution in [-0.4, -0.2) is 23.5 Å². The lowest BCUT2D eigenvalue weighted by atomic mass is 9.91. The lowest BCUT2D eigenvalue weighted by Crippen LogP contribution is -2.42. The standard InChI is InChI=1S/C13H16ClF3N2/c14-7-3-9-19(10-4-1-5-10)12-11(13(15,16)17)6-2-8-18-12/h2,6,8,10H,1,3-5,7,9H2. The number of nitrogens with zero attached hydrogens (tertiary/aromatic N) is 2. The molecule has 1 saturated carbocycles. The van der Waals surface area contributed by atoms with Gasteiger partial charge in [0, 0.05) is 24.7 Å². The van der Waals surface area contributed by atoms with E-state index in [2.05, 4.69) is 4.98 Å². The molecule has 0 radical (unpaired) electrons. The summed E-state index contributed by atoms with van der Waals surface area (Å²) in [7, 11) is 0. The summed E-state index contributed by atoms with van der Waals surface area (Å²) < 4.78 is 39.1. The minimum Gasteiger partial charge on any atom is -0.353 e. The maximum absolute atomic E-state index is 13.0. The van der Waals surface area contributed by atoms with Crippen LogP contribution in [0.1, 0.15) is 31.2 Å². The van der Waals surface area contributed by atoms with E-state index in [9.17, 15) is 13.2 Å². The molecule has 1 heterocycles. The molecule has 0 atom stereocenters. The Labute approximate surface area is 115 Å². The van der Waals surface area contributed by atoms with Gasteiger partial charge in [-0.25, -0.2) is 4.98 Å². The summed E-state index contributed by atoms with van der Waals surface area (Å²) in [5.41, 5.74) is -0.656. The largest absolute Gasteiger partial charge is 0.419 e. The van der Waals surface area contributed by atoms with Gasteiger partial charge in [-0.1, -0.05) is 0 Å². The molecule has 0 unspecified atom stereocenters. The van der Waals surface area contributed by atoms with Gasteiger partial charge < -0.3 is 4.90 Å². The monoisotopic (exact) mass is 292 g/mol. The van der Waals surface area contributed by atoms with Crippen LogP contribution in [0.25, 0.3) is 0 Å². The van der Waals surface area contributed by atoms with E-state index in [0.29, 0.717) is 18.8 Å². The molecule has 1 aliphatic carbocycles. The van der Waals surface area contributed by atoms with Gasteiger partial charge in [0.25, 0.3) is 0 Å². The summed E-state index contributed by atoms with van der Waals surface area (Å²) in [6.07, 6.45) is 0.623. The number of hydrogen-bond acceptors (Lipinski definition) is 2. The lowest BCUT2D eigenvalue weighted by molar-refractivity contribution is -0.137. The van der Waals surface area contributed by atoms with Gasteiger partial charge in [0.1, 0.15) is 5.82 Å². The summed E-state index contributed by atoms with van der Waals surface area (Å²) in [5, 5.41) is 0. The molecule has 1 aromatic rings. The van der Waals surface area contributed by atoms with E-state index in [1.165, 1.54) is 12.3 Å². The number of anilines is 1.